The highest BCUT2D eigenvalue weighted by molar-refractivity contribution is 5.46. The van der Waals surface area contributed by atoms with Gasteiger partial charge in [-0.3, -0.25) is 4.90 Å². The van der Waals surface area contributed by atoms with E-state index in [0.29, 0.717) is 18.8 Å². The van der Waals surface area contributed by atoms with Crippen LogP contribution in [0.4, 0.5) is 18.9 Å². The number of fused-ring (bicyclic) bond motifs is 1. The molecule has 88 valence electrons. The number of alkyl halides is 3. The quantitative estimate of drug-likeness (QED) is 0.791. The van der Waals surface area contributed by atoms with E-state index < -0.39 is 12.6 Å². The molecule has 1 heterocycles. The van der Waals surface area contributed by atoms with Gasteiger partial charge in [0.1, 0.15) is 0 Å². The zero-order chi connectivity index (χ0) is 11.8. The summed E-state index contributed by atoms with van der Waals surface area (Å²) in [5, 5.41) is 0. The summed E-state index contributed by atoms with van der Waals surface area (Å²) in [4.78, 5) is 1.79. The maximum absolute atomic E-state index is 12.1. The van der Waals surface area contributed by atoms with Crippen LogP contribution in [0.2, 0.25) is 0 Å². The fraction of sp³-hybridized carbons (Fsp3) is 0.455. The summed E-state index contributed by atoms with van der Waals surface area (Å²) in [5.74, 6) is 0. The summed E-state index contributed by atoms with van der Waals surface area (Å²) in [7, 11) is 0. The van der Waals surface area contributed by atoms with E-state index >= 15 is 0 Å². The fourth-order valence-electron chi connectivity index (χ4n) is 1.93. The molecule has 0 spiro atoms. The average molecular weight is 230 g/mol. The molecule has 2 N–H and O–H groups in total. The van der Waals surface area contributed by atoms with Gasteiger partial charge in [-0.1, -0.05) is 6.07 Å². The van der Waals surface area contributed by atoms with Gasteiger partial charge in [0.2, 0.25) is 0 Å². The summed E-state index contributed by atoms with van der Waals surface area (Å²) < 4.78 is 36.2. The van der Waals surface area contributed by atoms with Gasteiger partial charge in [-0.05, 0) is 23.3 Å². The summed E-state index contributed by atoms with van der Waals surface area (Å²) in [6.45, 7) is 1.21. The third kappa shape index (κ3) is 2.66. The van der Waals surface area contributed by atoms with Crippen molar-refractivity contribution in [3.63, 3.8) is 0 Å². The number of hydrogen-bond donors (Lipinski definition) is 1. The van der Waals surface area contributed by atoms with Crippen LogP contribution in [-0.4, -0.2) is 17.6 Å². The Hall–Kier alpha value is -1.23. The van der Waals surface area contributed by atoms with E-state index in [1.807, 2.05) is 12.1 Å². The minimum Gasteiger partial charge on any atom is -0.399 e. The van der Waals surface area contributed by atoms with Crippen LogP contribution in [0.1, 0.15) is 17.5 Å². The van der Waals surface area contributed by atoms with Gasteiger partial charge in [-0.25, -0.2) is 0 Å². The monoisotopic (exact) mass is 230 g/mol. The molecule has 2 rings (SSSR count). The third-order valence-electron chi connectivity index (χ3n) is 2.73. The van der Waals surface area contributed by atoms with Gasteiger partial charge in [-0.2, -0.15) is 13.2 Å². The normalized spacial score (nSPS) is 16.4. The molecule has 0 aromatic heterocycles. The van der Waals surface area contributed by atoms with Crippen LogP contribution in [0.25, 0.3) is 0 Å². The molecule has 0 saturated heterocycles. The van der Waals surface area contributed by atoms with Crippen molar-refractivity contribution >= 4 is 5.69 Å². The van der Waals surface area contributed by atoms with E-state index in [1.165, 1.54) is 0 Å². The summed E-state index contributed by atoms with van der Waals surface area (Å²) in [6.07, 6.45) is -4.83. The van der Waals surface area contributed by atoms with Crippen molar-refractivity contribution in [2.75, 3.05) is 12.3 Å². The van der Waals surface area contributed by atoms with Gasteiger partial charge in [0.25, 0.3) is 0 Å². The van der Waals surface area contributed by atoms with E-state index in [0.717, 1.165) is 11.1 Å². The van der Waals surface area contributed by atoms with Crippen molar-refractivity contribution in [2.24, 2.45) is 0 Å². The van der Waals surface area contributed by atoms with Gasteiger partial charge >= 0.3 is 6.18 Å². The molecule has 2 nitrogen and oxygen atoms in total. The van der Waals surface area contributed by atoms with E-state index in [4.69, 9.17) is 5.73 Å². The van der Waals surface area contributed by atoms with Crippen LogP contribution in [0.5, 0.6) is 0 Å². The molecule has 0 bridgehead atoms. The second kappa shape index (κ2) is 3.97. The second-order valence-electron chi connectivity index (χ2n) is 4.10. The SMILES string of the molecule is Nc1ccc2c(c1)CN(CCC(F)(F)F)C2. The van der Waals surface area contributed by atoms with Crippen LogP contribution >= 0.6 is 0 Å². The minimum atomic E-state index is -4.08. The van der Waals surface area contributed by atoms with Gasteiger partial charge in [0.15, 0.2) is 0 Å². The van der Waals surface area contributed by atoms with Crippen molar-refractivity contribution in [3.05, 3.63) is 29.3 Å². The molecule has 5 heteroatoms. The Morgan fingerprint density at radius 3 is 2.56 bits per heavy atom. The first-order valence-electron chi connectivity index (χ1n) is 5.10. The lowest BCUT2D eigenvalue weighted by atomic mass is 10.1. The number of rotatable bonds is 2. The number of halogens is 3. The Morgan fingerprint density at radius 2 is 1.88 bits per heavy atom. The summed E-state index contributed by atoms with van der Waals surface area (Å²) >= 11 is 0. The Kier molecular flexibility index (Phi) is 2.80. The van der Waals surface area contributed by atoms with E-state index in [1.54, 1.807) is 11.0 Å². The van der Waals surface area contributed by atoms with Crippen molar-refractivity contribution in [1.82, 2.24) is 4.90 Å². The van der Waals surface area contributed by atoms with Crippen molar-refractivity contribution in [3.8, 4) is 0 Å². The lowest BCUT2D eigenvalue weighted by molar-refractivity contribution is -0.138. The molecule has 0 aliphatic carbocycles. The second-order valence-corrected chi connectivity index (χ2v) is 4.10. The van der Waals surface area contributed by atoms with Crippen LogP contribution in [0.15, 0.2) is 18.2 Å². The zero-order valence-corrected chi connectivity index (χ0v) is 8.72. The molecular formula is C11H13F3N2. The van der Waals surface area contributed by atoms with Crippen LogP contribution < -0.4 is 5.73 Å². The molecule has 0 amide bonds. The summed E-state index contributed by atoms with van der Waals surface area (Å²) in [5.41, 5.74) is 8.41. The maximum atomic E-state index is 12.1. The molecule has 0 radical (unpaired) electrons. The van der Waals surface area contributed by atoms with E-state index in [9.17, 15) is 13.2 Å². The highest BCUT2D eigenvalue weighted by atomic mass is 19.4. The van der Waals surface area contributed by atoms with E-state index in [-0.39, 0.29) is 6.54 Å². The molecular weight excluding hydrogens is 217 g/mol. The molecule has 0 fully saturated rings. The first kappa shape index (κ1) is 11.3. The Balaban J connectivity index is 1.95. The topological polar surface area (TPSA) is 29.3 Å². The van der Waals surface area contributed by atoms with Crippen LogP contribution in [0.3, 0.4) is 0 Å². The Morgan fingerprint density at radius 1 is 1.19 bits per heavy atom. The number of nitrogens with zero attached hydrogens (tertiary/aromatic N) is 1. The summed E-state index contributed by atoms with van der Waals surface area (Å²) in [6, 6.07) is 5.51. The zero-order valence-electron chi connectivity index (χ0n) is 8.72. The largest absolute Gasteiger partial charge is 0.399 e. The first-order valence-corrected chi connectivity index (χ1v) is 5.10. The fourth-order valence-corrected chi connectivity index (χ4v) is 1.93. The molecule has 1 aliphatic rings. The number of nitrogens with two attached hydrogens (primary N) is 1. The molecule has 0 atom stereocenters. The first-order chi connectivity index (χ1) is 7.44. The molecule has 0 unspecified atom stereocenters. The van der Waals surface area contributed by atoms with Gasteiger partial charge in [-0.15, -0.1) is 0 Å². The predicted molar refractivity (Wildman–Crippen MR) is 55.6 cm³/mol. The standard InChI is InChI=1S/C11H13F3N2/c12-11(13,14)3-4-16-6-8-1-2-10(15)5-9(8)7-16/h1-2,5H,3-4,6-7,15H2. The van der Waals surface area contributed by atoms with Crippen LogP contribution in [0, 0.1) is 0 Å². The highest BCUT2D eigenvalue weighted by Gasteiger charge is 2.29. The molecule has 16 heavy (non-hydrogen) atoms. The average Bonchev–Trinajstić information content (AvgIpc) is 2.55. The molecule has 1 aromatic carbocycles. The number of anilines is 1. The van der Waals surface area contributed by atoms with Crippen LogP contribution in [-0.2, 0) is 13.1 Å². The number of nitrogen functional groups attached to an aromatic ring is 1. The lowest BCUT2D eigenvalue weighted by Gasteiger charge is -2.15. The Labute approximate surface area is 91.8 Å². The van der Waals surface area contributed by atoms with Crippen molar-refractivity contribution in [2.45, 2.75) is 25.7 Å². The molecule has 1 aromatic rings. The minimum absolute atomic E-state index is 0.0537. The van der Waals surface area contributed by atoms with E-state index in [2.05, 4.69) is 0 Å². The van der Waals surface area contributed by atoms with Crippen molar-refractivity contribution < 1.29 is 13.2 Å². The Bertz CT molecular complexity index is 387. The third-order valence-corrected chi connectivity index (χ3v) is 2.73. The van der Waals surface area contributed by atoms with Gasteiger partial charge in [0.05, 0.1) is 6.42 Å². The van der Waals surface area contributed by atoms with Crippen molar-refractivity contribution in [1.29, 1.82) is 0 Å². The molecule has 1 aliphatic heterocycles. The van der Waals surface area contributed by atoms with Gasteiger partial charge < -0.3 is 5.73 Å². The number of hydrogen-bond acceptors (Lipinski definition) is 2. The molecule has 0 saturated carbocycles. The predicted octanol–water partition coefficient (Wildman–Crippen LogP) is 2.54. The van der Waals surface area contributed by atoms with Gasteiger partial charge in [0, 0.05) is 25.3 Å². The lowest BCUT2D eigenvalue weighted by Crippen LogP contribution is -2.23. The number of benzene rings is 1. The maximum Gasteiger partial charge on any atom is 0.390 e. The smallest absolute Gasteiger partial charge is 0.390 e. The highest BCUT2D eigenvalue weighted by Crippen LogP contribution is 2.27.